The minimum atomic E-state index is 0.121. The predicted octanol–water partition coefficient (Wildman–Crippen LogP) is 1.42. The molecule has 0 bridgehead atoms. The van der Waals surface area contributed by atoms with Crippen LogP contribution in [-0.2, 0) is 0 Å². The Kier molecular flexibility index (Phi) is 3.95. The third kappa shape index (κ3) is 3.44. The smallest absolute Gasteiger partial charge is 0.324 e. The van der Waals surface area contributed by atoms with E-state index in [4.69, 9.17) is 15.2 Å². The number of rotatable bonds is 4. The van der Waals surface area contributed by atoms with Gasteiger partial charge in [-0.05, 0) is 18.8 Å². The number of nitrogen functional groups attached to an aromatic ring is 1. The molecule has 1 saturated carbocycles. The molecule has 0 radical (unpaired) electrons. The van der Waals surface area contributed by atoms with Gasteiger partial charge in [0.1, 0.15) is 0 Å². The van der Waals surface area contributed by atoms with Crippen molar-refractivity contribution in [2.75, 3.05) is 19.5 Å². The molecule has 1 fully saturated rings. The molecule has 0 atom stereocenters. The van der Waals surface area contributed by atoms with Gasteiger partial charge >= 0.3 is 12.0 Å². The molecule has 6 nitrogen and oxygen atoms in total. The van der Waals surface area contributed by atoms with Crippen LogP contribution in [0.25, 0.3) is 0 Å². The van der Waals surface area contributed by atoms with Crippen molar-refractivity contribution in [3.8, 4) is 12.0 Å². The van der Waals surface area contributed by atoms with E-state index in [1.807, 2.05) is 0 Å². The van der Waals surface area contributed by atoms with Gasteiger partial charge in [-0.25, -0.2) is 0 Å². The van der Waals surface area contributed by atoms with Crippen LogP contribution in [0.1, 0.15) is 32.1 Å². The average molecular weight is 238 g/mol. The van der Waals surface area contributed by atoms with Crippen molar-refractivity contribution < 1.29 is 9.47 Å². The first-order valence-electron chi connectivity index (χ1n) is 5.96. The molecule has 1 aliphatic rings. The molecule has 1 aromatic rings. The quantitative estimate of drug-likeness (QED) is 0.854. The predicted molar refractivity (Wildman–Crippen MR) is 62.9 cm³/mol. The van der Waals surface area contributed by atoms with Gasteiger partial charge in [0.2, 0.25) is 5.95 Å². The van der Waals surface area contributed by atoms with Crippen LogP contribution in [0.2, 0.25) is 0 Å². The summed E-state index contributed by atoms with van der Waals surface area (Å²) in [5.41, 5.74) is 5.52. The van der Waals surface area contributed by atoms with Gasteiger partial charge in [0, 0.05) is 0 Å². The van der Waals surface area contributed by atoms with Crippen LogP contribution in [-0.4, -0.2) is 28.7 Å². The Morgan fingerprint density at radius 2 is 1.82 bits per heavy atom. The molecular formula is C11H18N4O2. The Balaban J connectivity index is 1.91. The lowest BCUT2D eigenvalue weighted by Gasteiger charge is -2.20. The molecule has 6 heteroatoms. The zero-order chi connectivity index (χ0) is 12.1. The first-order chi connectivity index (χ1) is 8.28. The molecule has 94 valence electrons. The van der Waals surface area contributed by atoms with Crippen molar-refractivity contribution in [3.63, 3.8) is 0 Å². The molecule has 0 aliphatic heterocycles. The van der Waals surface area contributed by atoms with Crippen molar-refractivity contribution in [2.24, 2.45) is 5.92 Å². The second-order valence-electron chi connectivity index (χ2n) is 4.28. The van der Waals surface area contributed by atoms with Gasteiger partial charge in [-0.2, -0.15) is 9.97 Å². The first-order valence-corrected chi connectivity index (χ1v) is 5.96. The van der Waals surface area contributed by atoms with E-state index in [2.05, 4.69) is 15.0 Å². The number of nitrogens with two attached hydrogens (primary N) is 1. The van der Waals surface area contributed by atoms with Crippen molar-refractivity contribution >= 4 is 5.95 Å². The van der Waals surface area contributed by atoms with Gasteiger partial charge in [-0.3, -0.25) is 0 Å². The van der Waals surface area contributed by atoms with Crippen molar-refractivity contribution in [1.82, 2.24) is 15.0 Å². The highest BCUT2D eigenvalue weighted by molar-refractivity contribution is 5.20. The van der Waals surface area contributed by atoms with E-state index in [1.54, 1.807) is 0 Å². The van der Waals surface area contributed by atoms with Crippen molar-refractivity contribution in [2.45, 2.75) is 32.1 Å². The second-order valence-corrected chi connectivity index (χ2v) is 4.28. The largest absolute Gasteiger partial charge is 0.467 e. The van der Waals surface area contributed by atoms with Crippen LogP contribution in [0, 0.1) is 5.92 Å². The number of anilines is 1. The molecule has 2 rings (SSSR count). The van der Waals surface area contributed by atoms with Gasteiger partial charge in [-0.1, -0.05) is 19.3 Å². The molecule has 0 aromatic carbocycles. The summed E-state index contributed by atoms with van der Waals surface area (Å²) in [6, 6.07) is 0.441. The lowest BCUT2D eigenvalue weighted by Crippen LogP contribution is -2.16. The Hall–Kier alpha value is -1.59. The Bertz CT molecular complexity index is 366. The van der Waals surface area contributed by atoms with E-state index < -0.39 is 0 Å². The summed E-state index contributed by atoms with van der Waals surface area (Å²) in [7, 11) is 1.49. The van der Waals surface area contributed by atoms with Crippen LogP contribution in [0.4, 0.5) is 5.95 Å². The lowest BCUT2D eigenvalue weighted by atomic mass is 9.90. The number of hydrogen-bond donors (Lipinski definition) is 1. The minimum Gasteiger partial charge on any atom is -0.467 e. The number of methoxy groups -OCH3 is 1. The standard InChI is InChI=1S/C11H18N4O2/c1-16-10-13-9(12)14-11(15-10)17-7-8-5-3-2-4-6-8/h8H,2-7H2,1H3,(H2,12,13,14,15). The normalized spacial score (nSPS) is 16.8. The fraction of sp³-hybridized carbons (Fsp3) is 0.727. The summed E-state index contributed by atoms with van der Waals surface area (Å²) in [4.78, 5) is 11.7. The minimum absolute atomic E-state index is 0.121. The van der Waals surface area contributed by atoms with E-state index in [1.165, 1.54) is 39.2 Å². The maximum absolute atomic E-state index is 5.55. The highest BCUT2D eigenvalue weighted by Gasteiger charge is 2.15. The van der Waals surface area contributed by atoms with Gasteiger partial charge in [0.15, 0.2) is 0 Å². The van der Waals surface area contributed by atoms with Crippen molar-refractivity contribution in [1.29, 1.82) is 0 Å². The van der Waals surface area contributed by atoms with Crippen LogP contribution >= 0.6 is 0 Å². The van der Waals surface area contributed by atoms with E-state index >= 15 is 0 Å². The highest BCUT2D eigenvalue weighted by atomic mass is 16.5. The third-order valence-corrected chi connectivity index (χ3v) is 2.97. The Labute approximate surface area is 101 Å². The van der Waals surface area contributed by atoms with Gasteiger partial charge in [-0.15, -0.1) is 4.98 Å². The molecule has 0 saturated heterocycles. The van der Waals surface area contributed by atoms with Gasteiger partial charge in [0.25, 0.3) is 0 Å². The van der Waals surface area contributed by atoms with Crippen LogP contribution in [0.3, 0.4) is 0 Å². The highest BCUT2D eigenvalue weighted by Crippen LogP contribution is 2.24. The number of ether oxygens (including phenoxy) is 2. The van der Waals surface area contributed by atoms with Crippen molar-refractivity contribution in [3.05, 3.63) is 0 Å². The topological polar surface area (TPSA) is 83.2 Å². The summed E-state index contributed by atoms with van der Waals surface area (Å²) in [6.45, 7) is 0.645. The summed E-state index contributed by atoms with van der Waals surface area (Å²) in [5, 5.41) is 0. The number of nitrogens with zero attached hydrogens (tertiary/aromatic N) is 3. The monoisotopic (exact) mass is 238 g/mol. The SMILES string of the molecule is COc1nc(N)nc(OCC2CCCCC2)n1. The summed E-state index contributed by atoms with van der Waals surface area (Å²) in [5.74, 6) is 0.725. The molecule has 0 spiro atoms. The van der Waals surface area contributed by atoms with E-state index in [0.717, 1.165) is 0 Å². The first kappa shape index (κ1) is 11.9. The fourth-order valence-electron chi connectivity index (χ4n) is 2.05. The molecule has 1 heterocycles. The summed E-state index contributed by atoms with van der Waals surface area (Å²) in [6.07, 6.45) is 6.35. The third-order valence-electron chi connectivity index (χ3n) is 2.97. The summed E-state index contributed by atoms with van der Waals surface area (Å²) >= 11 is 0. The molecular weight excluding hydrogens is 220 g/mol. The summed E-state index contributed by atoms with van der Waals surface area (Å²) < 4.78 is 10.5. The fourth-order valence-corrected chi connectivity index (χ4v) is 2.05. The number of hydrogen-bond acceptors (Lipinski definition) is 6. The lowest BCUT2D eigenvalue weighted by molar-refractivity contribution is 0.193. The van der Waals surface area contributed by atoms with E-state index in [9.17, 15) is 0 Å². The average Bonchev–Trinajstić information content (AvgIpc) is 2.37. The Morgan fingerprint density at radius 1 is 1.12 bits per heavy atom. The van der Waals surface area contributed by atoms with Crippen LogP contribution < -0.4 is 15.2 Å². The molecule has 0 unspecified atom stereocenters. The van der Waals surface area contributed by atoms with Crippen LogP contribution in [0.15, 0.2) is 0 Å². The van der Waals surface area contributed by atoms with Gasteiger partial charge < -0.3 is 15.2 Å². The molecule has 2 N–H and O–H groups in total. The Morgan fingerprint density at radius 3 is 2.53 bits per heavy atom. The van der Waals surface area contributed by atoms with E-state index in [0.29, 0.717) is 12.5 Å². The second kappa shape index (κ2) is 5.65. The molecule has 1 aromatic heterocycles. The zero-order valence-corrected chi connectivity index (χ0v) is 10.1. The molecule has 0 amide bonds. The maximum atomic E-state index is 5.55. The van der Waals surface area contributed by atoms with E-state index in [-0.39, 0.29) is 18.0 Å². The molecule has 1 aliphatic carbocycles. The van der Waals surface area contributed by atoms with Crippen LogP contribution in [0.5, 0.6) is 12.0 Å². The zero-order valence-electron chi connectivity index (χ0n) is 10.1. The van der Waals surface area contributed by atoms with Gasteiger partial charge in [0.05, 0.1) is 13.7 Å². The maximum Gasteiger partial charge on any atom is 0.324 e. The molecule has 17 heavy (non-hydrogen) atoms. The number of aromatic nitrogens is 3.